The molecule has 0 fully saturated rings. The topological polar surface area (TPSA) is 182 Å². The molecule has 15 heteroatoms. The van der Waals surface area contributed by atoms with Gasteiger partial charge in [-0.15, -0.1) is 5.10 Å². The van der Waals surface area contributed by atoms with Crippen molar-refractivity contribution < 1.29 is 25.9 Å². The highest BCUT2D eigenvalue weighted by molar-refractivity contribution is 7.86. The van der Waals surface area contributed by atoms with Gasteiger partial charge in [0.05, 0.1) is 21.2 Å². The molecule has 35 heavy (non-hydrogen) atoms. The molecule has 4 aromatic rings. The number of nitrogens with zero attached hydrogens (tertiary/aromatic N) is 6. The molecule has 0 aliphatic carbocycles. The zero-order chi connectivity index (χ0) is 25.6. The van der Waals surface area contributed by atoms with Crippen LogP contribution < -0.4 is 5.32 Å². The molecule has 2 aromatic carbocycles. The third-order valence-corrected chi connectivity index (χ3v) is 6.52. The summed E-state index contributed by atoms with van der Waals surface area (Å²) in [5.41, 5.74) is 2.31. The third-order valence-electron chi connectivity index (χ3n) is 4.78. The first-order valence-corrected chi connectivity index (χ1v) is 12.9. The lowest BCUT2D eigenvalue weighted by Crippen LogP contribution is -2.08. The van der Waals surface area contributed by atoms with Crippen molar-refractivity contribution >= 4 is 20.2 Å². The maximum absolute atomic E-state index is 10.4. The van der Waals surface area contributed by atoms with E-state index < -0.39 is 20.2 Å². The number of aromatic nitrogens is 6. The standard InChI is InChI=1S/C8H11N7.2C6H6O3S/c1-14-6-4-9-3-5(6)10-7(14)8-11-12-13-15(8)2;2*7-10(8,9)6-4-2-1-3-5-6/h9H,3-4H2,1-2H3;2*1-5H,(H,7,8,9). The van der Waals surface area contributed by atoms with E-state index >= 15 is 0 Å². The average Bonchev–Trinajstić information content (AvgIpc) is 3.53. The normalized spacial score (nSPS) is 12.7. The van der Waals surface area contributed by atoms with Crippen LogP contribution in [0.2, 0.25) is 0 Å². The first kappa shape index (κ1) is 26.1. The van der Waals surface area contributed by atoms with Crippen LogP contribution in [0.25, 0.3) is 11.6 Å². The highest BCUT2D eigenvalue weighted by Crippen LogP contribution is 2.21. The summed E-state index contributed by atoms with van der Waals surface area (Å²) in [6.07, 6.45) is 0. The summed E-state index contributed by atoms with van der Waals surface area (Å²) in [5, 5.41) is 14.6. The molecule has 0 bridgehead atoms. The predicted octanol–water partition coefficient (Wildman–Crippen LogP) is 1.08. The molecule has 186 valence electrons. The van der Waals surface area contributed by atoms with Crippen LogP contribution in [0.4, 0.5) is 0 Å². The van der Waals surface area contributed by atoms with Gasteiger partial charge in [-0.3, -0.25) is 9.11 Å². The molecule has 3 N–H and O–H groups in total. The zero-order valence-electron chi connectivity index (χ0n) is 18.7. The molecule has 1 aliphatic rings. The Morgan fingerprint density at radius 3 is 1.69 bits per heavy atom. The molecule has 0 radical (unpaired) electrons. The van der Waals surface area contributed by atoms with Crippen molar-refractivity contribution in [3.8, 4) is 11.6 Å². The Balaban J connectivity index is 0.000000153. The summed E-state index contributed by atoms with van der Waals surface area (Å²) < 4.78 is 62.1. The van der Waals surface area contributed by atoms with E-state index in [4.69, 9.17) is 9.11 Å². The summed E-state index contributed by atoms with van der Waals surface area (Å²) >= 11 is 0. The van der Waals surface area contributed by atoms with Crippen molar-refractivity contribution in [3.63, 3.8) is 0 Å². The fourth-order valence-corrected chi connectivity index (χ4v) is 4.06. The smallest absolute Gasteiger partial charge is 0.294 e. The Morgan fingerprint density at radius 2 is 1.31 bits per heavy atom. The molecule has 0 saturated carbocycles. The van der Waals surface area contributed by atoms with Crippen LogP contribution >= 0.6 is 0 Å². The van der Waals surface area contributed by atoms with Crippen molar-refractivity contribution in [2.75, 3.05) is 0 Å². The Morgan fingerprint density at radius 1 is 0.800 bits per heavy atom. The summed E-state index contributed by atoms with van der Waals surface area (Å²) in [7, 11) is -4.20. The fourth-order valence-electron chi connectivity index (χ4n) is 3.05. The van der Waals surface area contributed by atoms with Gasteiger partial charge in [0, 0.05) is 27.2 Å². The quantitative estimate of drug-likeness (QED) is 0.328. The summed E-state index contributed by atoms with van der Waals surface area (Å²) in [6.45, 7) is 1.69. The minimum absolute atomic E-state index is 0.0741. The largest absolute Gasteiger partial charge is 0.327 e. The predicted molar refractivity (Wildman–Crippen MR) is 124 cm³/mol. The second-order valence-corrected chi connectivity index (χ2v) is 10.0. The SMILES string of the molecule is Cn1nnnc1-c1nc2c(n1C)CNC2.O=S(=O)(O)c1ccccc1.O=S(=O)(O)c1ccccc1. The van der Waals surface area contributed by atoms with Crippen LogP contribution in [0.3, 0.4) is 0 Å². The van der Waals surface area contributed by atoms with E-state index in [9.17, 15) is 16.8 Å². The molecule has 2 aromatic heterocycles. The number of hydrogen-bond acceptors (Lipinski definition) is 9. The summed E-state index contributed by atoms with van der Waals surface area (Å²) in [5.74, 6) is 1.53. The van der Waals surface area contributed by atoms with Gasteiger partial charge in [0.1, 0.15) is 0 Å². The maximum atomic E-state index is 10.4. The van der Waals surface area contributed by atoms with Gasteiger partial charge in [0.2, 0.25) is 5.82 Å². The van der Waals surface area contributed by atoms with E-state index in [1.807, 2.05) is 18.7 Å². The van der Waals surface area contributed by atoms with Crippen molar-refractivity contribution in [1.29, 1.82) is 0 Å². The van der Waals surface area contributed by atoms with E-state index in [-0.39, 0.29) is 9.79 Å². The Kier molecular flexibility index (Phi) is 8.08. The molecular formula is C20H23N7O6S2. The first-order valence-electron chi connectivity index (χ1n) is 10.0. The van der Waals surface area contributed by atoms with E-state index in [1.165, 1.54) is 30.0 Å². The summed E-state index contributed by atoms with van der Waals surface area (Å²) in [6, 6.07) is 14.8. The zero-order valence-corrected chi connectivity index (χ0v) is 20.3. The first-order chi connectivity index (χ1) is 16.5. The van der Waals surface area contributed by atoms with Gasteiger partial charge in [0.15, 0.2) is 5.82 Å². The molecule has 1 aliphatic heterocycles. The molecule has 0 atom stereocenters. The van der Waals surface area contributed by atoms with Crippen LogP contribution in [0.1, 0.15) is 11.4 Å². The van der Waals surface area contributed by atoms with Crippen LogP contribution in [0.15, 0.2) is 70.5 Å². The maximum Gasteiger partial charge on any atom is 0.294 e. The number of nitrogens with one attached hydrogen (secondary N) is 1. The van der Waals surface area contributed by atoms with Crippen molar-refractivity contribution in [2.45, 2.75) is 22.9 Å². The lowest BCUT2D eigenvalue weighted by molar-refractivity contribution is 0.481. The molecule has 0 amide bonds. The van der Waals surface area contributed by atoms with Gasteiger partial charge in [-0.05, 0) is 34.7 Å². The number of imidazole rings is 1. The average molecular weight is 522 g/mol. The third kappa shape index (κ3) is 6.77. The minimum Gasteiger partial charge on any atom is -0.327 e. The number of aryl methyl sites for hydroxylation is 1. The van der Waals surface area contributed by atoms with Crippen LogP contribution in [-0.4, -0.2) is 55.7 Å². The number of fused-ring (bicyclic) bond motifs is 1. The van der Waals surface area contributed by atoms with E-state index in [2.05, 4.69) is 25.8 Å². The molecule has 0 saturated heterocycles. The Labute approximate surface area is 201 Å². The molecule has 0 unspecified atom stereocenters. The van der Waals surface area contributed by atoms with Gasteiger partial charge < -0.3 is 9.88 Å². The Bertz CT molecular complexity index is 1420. The van der Waals surface area contributed by atoms with E-state index in [0.717, 1.165) is 24.6 Å². The molecule has 3 heterocycles. The van der Waals surface area contributed by atoms with Gasteiger partial charge in [-0.25, -0.2) is 9.67 Å². The van der Waals surface area contributed by atoms with Crippen LogP contribution in [-0.2, 0) is 47.4 Å². The second-order valence-electron chi connectivity index (χ2n) is 7.19. The van der Waals surface area contributed by atoms with Crippen molar-refractivity contribution in [3.05, 3.63) is 72.1 Å². The minimum atomic E-state index is -4.00. The highest BCUT2D eigenvalue weighted by Gasteiger charge is 2.22. The fraction of sp³-hybridized carbons (Fsp3) is 0.200. The van der Waals surface area contributed by atoms with E-state index in [1.54, 1.807) is 41.1 Å². The van der Waals surface area contributed by atoms with Crippen molar-refractivity contribution in [1.82, 2.24) is 35.1 Å². The number of benzene rings is 2. The lowest BCUT2D eigenvalue weighted by Gasteiger charge is -2.02. The van der Waals surface area contributed by atoms with Gasteiger partial charge >= 0.3 is 0 Å². The monoisotopic (exact) mass is 521 g/mol. The number of tetrazole rings is 1. The molecular weight excluding hydrogens is 498 g/mol. The molecule has 13 nitrogen and oxygen atoms in total. The molecule has 0 spiro atoms. The van der Waals surface area contributed by atoms with E-state index in [0.29, 0.717) is 5.82 Å². The number of hydrogen-bond donors (Lipinski definition) is 3. The lowest BCUT2D eigenvalue weighted by atomic mass is 10.4. The molecule has 5 rings (SSSR count). The van der Waals surface area contributed by atoms with Crippen molar-refractivity contribution in [2.24, 2.45) is 14.1 Å². The highest BCUT2D eigenvalue weighted by atomic mass is 32.2. The van der Waals surface area contributed by atoms with Gasteiger partial charge in [0.25, 0.3) is 20.2 Å². The van der Waals surface area contributed by atoms with Crippen LogP contribution in [0.5, 0.6) is 0 Å². The van der Waals surface area contributed by atoms with Crippen LogP contribution in [0, 0.1) is 0 Å². The van der Waals surface area contributed by atoms with Gasteiger partial charge in [-0.1, -0.05) is 36.4 Å². The Hall–Kier alpha value is -3.50. The summed E-state index contributed by atoms with van der Waals surface area (Å²) in [4.78, 5) is 4.38. The van der Waals surface area contributed by atoms with Gasteiger partial charge in [-0.2, -0.15) is 16.8 Å². The second kappa shape index (κ2) is 10.8. The number of rotatable bonds is 3.